The van der Waals surface area contributed by atoms with Crippen molar-refractivity contribution in [3.05, 3.63) is 53.7 Å². The summed E-state index contributed by atoms with van der Waals surface area (Å²) in [6.07, 6.45) is 4.13. The van der Waals surface area contributed by atoms with Crippen molar-refractivity contribution in [2.45, 2.75) is 51.8 Å². The fourth-order valence-electron chi connectivity index (χ4n) is 4.03. The number of aromatic nitrogens is 1. The second kappa shape index (κ2) is 8.76. The summed E-state index contributed by atoms with van der Waals surface area (Å²) in [5, 5.41) is 13.9. The zero-order valence-electron chi connectivity index (χ0n) is 17.7. The van der Waals surface area contributed by atoms with Gasteiger partial charge in [-0.05, 0) is 68.5 Å². The Kier molecular flexibility index (Phi) is 6.09. The summed E-state index contributed by atoms with van der Waals surface area (Å²) in [5.41, 5.74) is 11.8. The lowest BCUT2D eigenvalue weighted by Gasteiger charge is -2.19. The molecule has 5 nitrogen and oxygen atoms in total. The number of nitrogens with one attached hydrogen (secondary N) is 1. The highest BCUT2D eigenvalue weighted by molar-refractivity contribution is 7.18. The highest BCUT2D eigenvalue weighted by Crippen LogP contribution is 2.41. The summed E-state index contributed by atoms with van der Waals surface area (Å²) >= 11 is 1.69. The number of thiazole rings is 1. The van der Waals surface area contributed by atoms with Crippen molar-refractivity contribution in [3.63, 3.8) is 0 Å². The predicted octanol–water partition coefficient (Wildman–Crippen LogP) is 4.80. The maximum absolute atomic E-state index is 9.38. The molecule has 1 aliphatic rings. The molecule has 158 valence electrons. The number of aliphatic hydroxyl groups is 1. The molecular weight excluding hydrogens is 394 g/mol. The molecule has 0 aliphatic heterocycles. The number of ether oxygens (including phenoxy) is 1. The minimum absolute atomic E-state index is 0.0865. The van der Waals surface area contributed by atoms with Crippen LogP contribution >= 0.6 is 11.3 Å². The molecule has 0 amide bonds. The van der Waals surface area contributed by atoms with Crippen molar-refractivity contribution >= 4 is 17.0 Å². The number of nitrogens with zero attached hydrogens (tertiary/aromatic N) is 1. The van der Waals surface area contributed by atoms with E-state index in [2.05, 4.69) is 28.5 Å². The Morgan fingerprint density at radius 1 is 1.27 bits per heavy atom. The number of anilines is 1. The van der Waals surface area contributed by atoms with E-state index < -0.39 is 0 Å². The van der Waals surface area contributed by atoms with E-state index in [-0.39, 0.29) is 18.8 Å². The van der Waals surface area contributed by atoms with Crippen LogP contribution in [-0.4, -0.2) is 28.8 Å². The van der Waals surface area contributed by atoms with Crippen LogP contribution in [0.25, 0.3) is 21.0 Å². The fraction of sp³-hybridized carbons (Fsp3) is 0.375. The van der Waals surface area contributed by atoms with Gasteiger partial charge in [-0.1, -0.05) is 18.2 Å². The van der Waals surface area contributed by atoms with Crippen LogP contribution in [0.5, 0.6) is 5.75 Å². The van der Waals surface area contributed by atoms with Crippen LogP contribution in [-0.2, 0) is 6.42 Å². The van der Waals surface area contributed by atoms with Crippen LogP contribution in [0.15, 0.2) is 42.6 Å². The number of hydrogen-bond donors (Lipinski definition) is 3. The highest BCUT2D eigenvalue weighted by Gasteiger charge is 2.26. The van der Waals surface area contributed by atoms with E-state index in [0.717, 1.165) is 23.4 Å². The standard InChI is InChI=1S/C24H29N3O2S/c1-14(2)29-22-10-7-16(11-20(22)25)24-26-12-23(30-24)19-6-4-5-18-17(19)8-9-21(18)27-15(3)13-28/h4-7,10-12,14-15,21,27-28H,8-9,13,25H2,1-3H3/t15-,21?/m1/s1. The lowest BCUT2D eigenvalue weighted by atomic mass is 10.0. The van der Waals surface area contributed by atoms with Gasteiger partial charge in [0.1, 0.15) is 10.8 Å². The Hall–Kier alpha value is -2.41. The summed E-state index contributed by atoms with van der Waals surface area (Å²) in [7, 11) is 0. The average Bonchev–Trinajstić information content (AvgIpc) is 3.37. The van der Waals surface area contributed by atoms with Crippen molar-refractivity contribution in [3.8, 4) is 26.8 Å². The van der Waals surface area contributed by atoms with Crippen molar-refractivity contribution < 1.29 is 9.84 Å². The first-order chi connectivity index (χ1) is 14.5. The largest absolute Gasteiger partial charge is 0.489 e. The van der Waals surface area contributed by atoms with Gasteiger partial charge in [0.15, 0.2) is 0 Å². The first-order valence-corrected chi connectivity index (χ1v) is 11.3. The molecule has 2 aromatic carbocycles. The quantitative estimate of drug-likeness (QED) is 0.476. The van der Waals surface area contributed by atoms with E-state index in [1.165, 1.54) is 21.6 Å². The summed E-state index contributed by atoms with van der Waals surface area (Å²) in [5.74, 6) is 0.710. The third kappa shape index (κ3) is 4.21. The molecule has 30 heavy (non-hydrogen) atoms. The molecule has 4 rings (SSSR count). The molecule has 6 heteroatoms. The monoisotopic (exact) mass is 423 g/mol. The van der Waals surface area contributed by atoms with E-state index in [9.17, 15) is 5.11 Å². The van der Waals surface area contributed by atoms with Gasteiger partial charge in [0, 0.05) is 23.8 Å². The van der Waals surface area contributed by atoms with Gasteiger partial charge in [0.05, 0.1) is 23.3 Å². The minimum atomic E-state index is 0.0865. The van der Waals surface area contributed by atoms with Crippen LogP contribution < -0.4 is 15.8 Å². The molecule has 1 aliphatic carbocycles. The summed E-state index contributed by atoms with van der Waals surface area (Å²) in [6, 6.07) is 12.8. The number of fused-ring (bicyclic) bond motifs is 1. The molecule has 2 atom stereocenters. The van der Waals surface area contributed by atoms with E-state index in [1.54, 1.807) is 11.3 Å². The summed E-state index contributed by atoms with van der Waals surface area (Å²) in [6.45, 7) is 6.14. The zero-order chi connectivity index (χ0) is 21.3. The van der Waals surface area contributed by atoms with Gasteiger partial charge in [0.2, 0.25) is 0 Å². The second-order valence-corrected chi connectivity index (χ2v) is 9.19. The Morgan fingerprint density at radius 2 is 2.10 bits per heavy atom. The van der Waals surface area contributed by atoms with Crippen molar-refractivity contribution in [2.24, 2.45) is 0 Å². The van der Waals surface area contributed by atoms with Crippen LogP contribution in [0.2, 0.25) is 0 Å². The maximum atomic E-state index is 9.38. The van der Waals surface area contributed by atoms with Crippen molar-refractivity contribution in [1.82, 2.24) is 10.3 Å². The number of nitrogens with two attached hydrogens (primary N) is 1. The molecule has 0 saturated heterocycles. The average molecular weight is 424 g/mol. The smallest absolute Gasteiger partial charge is 0.142 e. The van der Waals surface area contributed by atoms with Crippen molar-refractivity contribution in [2.75, 3.05) is 12.3 Å². The number of hydrogen-bond acceptors (Lipinski definition) is 6. The first kappa shape index (κ1) is 20.8. The Morgan fingerprint density at radius 3 is 2.83 bits per heavy atom. The van der Waals surface area contributed by atoms with E-state index in [4.69, 9.17) is 10.5 Å². The number of rotatable bonds is 7. The van der Waals surface area contributed by atoms with Crippen LogP contribution in [0, 0.1) is 0 Å². The predicted molar refractivity (Wildman–Crippen MR) is 124 cm³/mol. The summed E-state index contributed by atoms with van der Waals surface area (Å²) < 4.78 is 5.74. The van der Waals surface area contributed by atoms with Gasteiger partial charge in [-0.3, -0.25) is 0 Å². The van der Waals surface area contributed by atoms with Gasteiger partial charge in [0.25, 0.3) is 0 Å². The molecule has 0 bridgehead atoms. The molecule has 1 heterocycles. The number of benzene rings is 2. The third-order valence-electron chi connectivity index (χ3n) is 5.42. The maximum Gasteiger partial charge on any atom is 0.142 e. The first-order valence-electron chi connectivity index (χ1n) is 10.5. The van der Waals surface area contributed by atoms with Gasteiger partial charge in [-0.25, -0.2) is 4.98 Å². The third-order valence-corrected chi connectivity index (χ3v) is 6.50. The number of aliphatic hydroxyl groups excluding tert-OH is 1. The zero-order valence-corrected chi connectivity index (χ0v) is 18.5. The molecule has 4 N–H and O–H groups in total. The second-order valence-electron chi connectivity index (χ2n) is 8.16. The Bertz CT molecular complexity index is 1030. The van der Waals surface area contributed by atoms with Gasteiger partial charge in [-0.2, -0.15) is 0 Å². The Labute approximate surface area is 181 Å². The molecule has 0 radical (unpaired) electrons. The van der Waals surface area contributed by atoms with E-state index in [0.29, 0.717) is 17.5 Å². The van der Waals surface area contributed by atoms with Crippen LogP contribution in [0.3, 0.4) is 0 Å². The van der Waals surface area contributed by atoms with Gasteiger partial charge in [-0.15, -0.1) is 11.3 Å². The lowest BCUT2D eigenvalue weighted by Crippen LogP contribution is -2.32. The van der Waals surface area contributed by atoms with Gasteiger partial charge >= 0.3 is 0 Å². The Balaban J connectivity index is 1.61. The molecule has 3 aromatic rings. The van der Waals surface area contributed by atoms with Crippen molar-refractivity contribution in [1.29, 1.82) is 0 Å². The number of nitrogen functional groups attached to an aromatic ring is 1. The van der Waals surface area contributed by atoms with E-state index >= 15 is 0 Å². The highest BCUT2D eigenvalue weighted by atomic mass is 32.1. The molecular formula is C24H29N3O2S. The SMILES string of the molecule is CC(C)Oc1ccc(-c2ncc(-c3cccc4c3CCC4N[C@H](C)CO)s2)cc1N. The molecule has 0 fully saturated rings. The summed E-state index contributed by atoms with van der Waals surface area (Å²) in [4.78, 5) is 5.84. The van der Waals surface area contributed by atoms with Gasteiger partial charge < -0.3 is 20.9 Å². The molecule has 0 saturated carbocycles. The topological polar surface area (TPSA) is 80.4 Å². The fourth-order valence-corrected chi connectivity index (χ4v) is 4.99. The normalized spacial score (nSPS) is 16.6. The minimum Gasteiger partial charge on any atom is -0.489 e. The molecule has 0 spiro atoms. The lowest BCUT2D eigenvalue weighted by molar-refractivity contribution is 0.240. The van der Waals surface area contributed by atoms with Crippen LogP contribution in [0.4, 0.5) is 5.69 Å². The van der Waals surface area contributed by atoms with Crippen LogP contribution in [0.1, 0.15) is 44.4 Å². The van der Waals surface area contributed by atoms with E-state index in [1.807, 2.05) is 45.2 Å². The molecule has 1 aromatic heterocycles. The molecule has 1 unspecified atom stereocenters.